The summed E-state index contributed by atoms with van der Waals surface area (Å²) < 4.78 is 21.2. The molecule has 1 aliphatic heterocycles. The summed E-state index contributed by atoms with van der Waals surface area (Å²) in [6.07, 6.45) is 1.58. The molecule has 9 nitrogen and oxygen atoms in total. The summed E-state index contributed by atoms with van der Waals surface area (Å²) in [5.41, 5.74) is 1.87. The van der Waals surface area contributed by atoms with E-state index in [9.17, 15) is 9.18 Å². The Labute approximate surface area is 214 Å². The van der Waals surface area contributed by atoms with Crippen molar-refractivity contribution >= 4 is 28.4 Å². The molecular formula is C27H29FN6O3. The van der Waals surface area contributed by atoms with Gasteiger partial charge in [-0.3, -0.25) is 4.79 Å². The molecule has 5 rings (SSSR count). The minimum Gasteiger partial charge on any atom is -0.496 e. The third-order valence-electron chi connectivity index (χ3n) is 6.42. The van der Waals surface area contributed by atoms with Crippen LogP contribution in [0.4, 0.5) is 21.7 Å². The minimum atomic E-state index is -0.571. The third-order valence-corrected chi connectivity index (χ3v) is 6.42. The Morgan fingerprint density at radius 1 is 1.08 bits per heavy atom. The number of methoxy groups -OCH3 is 1. The summed E-state index contributed by atoms with van der Waals surface area (Å²) in [6.45, 7) is 6.04. The van der Waals surface area contributed by atoms with Crippen LogP contribution < -0.4 is 25.4 Å². The molecule has 3 heterocycles. The molecular weight excluding hydrogens is 475 g/mol. The molecule has 192 valence electrons. The van der Waals surface area contributed by atoms with Crippen LogP contribution in [0.5, 0.6) is 5.75 Å². The average Bonchev–Trinajstić information content (AvgIpc) is 2.91. The first-order valence-corrected chi connectivity index (χ1v) is 12.2. The van der Waals surface area contributed by atoms with Gasteiger partial charge >= 0.3 is 0 Å². The van der Waals surface area contributed by atoms with Crippen LogP contribution in [0, 0.1) is 5.82 Å². The predicted octanol–water partition coefficient (Wildman–Crippen LogP) is 3.55. The molecule has 0 unspecified atom stereocenters. The Balaban J connectivity index is 1.48. The highest BCUT2D eigenvalue weighted by Crippen LogP contribution is 2.32. The number of anilines is 3. The van der Waals surface area contributed by atoms with E-state index in [1.165, 1.54) is 24.9 Å². The number of ether oxygens (including phenoxy) is 1. The van der Waals surface area contributed by atoms with E-state index in [1.807, 2.05) is 12.1 Å². The molecule has 10 heteroatoms. The van der Waals surface area contributed by atoms with Crippen molar-refractivity contribution in [3.63, 3.8) is 0 Å². The molecule has 0 amide bonds. The molecule has 2 aromatic heterocycles. The summed E-state index contributed by atoms with van der Waals surface area (Å²) in [7, 11) is 3.57. The lowest BCUT2D eigenvalue weighted by Gasteiger charge is -2.34. The van der Waals surface area contributed by atoms with Gasteiger partial charge in [-0.15, -0.1) is 4.73 Å². The highest BCUT2D eigenvalue weighted by molar-refractivity contribution is 5.83. The molecule has 1 N–H and O–H groups in total. The molecule has 1 saturated heterocycles. The lowest BCUT2D eigenvalue weighted by Crippen LogP contribution is -2.44. The Hall–Kier alpha value is -4.18. The molecule has 4 aromatic rings. The van der Waals surface area contributed by atoms with E-state index in [-0.39, 0.29) is 29.1 Å². The van der Waals surface area contributed by atoms with Crippen molar-refractivity contribution in [3.05, 3.63) is 70.9 Å². The zero-order valence-electron chi connectivity index (χ0n) is 21.1. The van der Waals surface area contributed by atoms with E-state index in [1.54, 1.807) is 25.3 Å². The lowest BCUT2D eigenvalue weighted by molar-refractivity contribution is 0.123. The van der Waals surface area contributed by atoms with Crippen LogP contribution in [0.15, 0.2) is 59.5 Å². The summed E-state index contributed by atoms with van der Waals surface area (Å²) in [4.78, 5) is 32.7. The normalized spacial score (nSPS) is 14.1. The molecule has 1 aliphatic rings. The van der Waals surface area contributed by atoms with Crippen molar-refractivity contribution in [3.8, 4) is 16.9 Å². The van der Waals surface area contributed by atoms with Crippen LogP contribution in [0.3, 0.4) is 0 Å². The number of nitrogens with one attached hydrogen (secondary N) is 1. The van der Waals surface area contributed by atoms with Crippen molar-refractivity contribution in [2.75, 3.05) is 57.2 Å². The van der Waals surface area contributed by atoms with Crippen molar-refractivity contribution in [1.29, 1.82) is 0 Å². The van der Waals surface area contributed by atoms with Crippen LogP contribution in [0.2, 0.25) is 0 Å². The van der Waals surface area contributed by atoms with Crippen molar-refractivity contribution in [2.45, 2.75) is 6.92 Å². The lowest BCUT2D eigenvalue weighted by atomic mass is 10.0. The predicted molar refractivity (Wildman–Crippen MR) is 142 cm³/mol. The Kier molecular flexibility index (Phi) is 6.91. The van der Waals surface area contributed by atoms with Crippen molar-refractivity contribution in [1.82, 2.24) is 19.6 Å². The summed E-state index contributed by atoms with van der Waals surface area (Å²) in [5.74, 6) is -0.0132. The summed E-state index contributed by atoms with van der Waals surface area (Å²) >= 11 is 0. The van der Waals surface area contributed by atoms with E-state index in [4.69, 9.17) is 9.57 Å². The van der Waals surface area contributed by atoms with Gasteiger partial charge in [-0.25, -0.2) is 9.37 Å². The van der Waals surface area contributed by atoms with Gasteiger partial charge in [0, 0.05) is 49.1 Å². The number of nitrogens with zero attached hydrogens (tertiary/aromatic N) is 5. The minimum absolute atomic E-state index is 0.0630. The van der Waals surface area contributed by atoms with Crippen molar-refractivity contribution < 1.29 is 14.0 Å². The van der Waals surface area contributed by atoms with Gasteiger partial charge in [-0.1, -0.05) is 6.07 Å². The fourth-order valence-electron chi connectivity index (χ4n) is 4.44. The molecule has 0 spiro atoms. The molecule has 0 bridgehead atoms. The number of halogens is 1. The highest BCUT2D eigenvalue weighted by atomic mass is 19.1. The van der Waals surface area contributed by atoms with Crippen LogP contribution in [-0.4, -0.2) is 66.5 Å². The van der Waals surface area contributed by atoms with Gasteiger partial charge in [0.15, 0.2) is 5.65 Å². The number of hydrogen-bond acceptors (Lipinski definition) is 8. The number of hydrogen-bond donors (Lipinski definition) is 1. The Bertz CT molecular complexity index is 1470. The van der Waals surface area contributed by atoms with Crippen molar-refractivity contribution in [2.24, 2.45) is 0 Å². The first-order chi connectivity index (χ1) is 18.0. The number of rotatable bonds is 7. The van der Waals surface area contributed by atoms with E-state index >= 15 is 0 Å². The van der Waals surface area contributed by atoms with Crippen LogP contribution >= 0.6 is 0 Å². The first kappa shape index (κ1) is 24.5. The zero-order chi connectivity index (χ0) is 25.9. The fourth-order valence-corrected chi connectivity index (χ4v) is 4.44. The number of fused-ring (bicyclic) bond motifs is 1. The number of pyridine rings is 1. The third kappa shape index (κ3) is 4.92. The monoisotopic (exact) mass is 504 g/mol. The second-order valence-electron chi connectivity index (χ2n) is 8.83. The van der Waals surface area contributed by atoms with E-state index in [2.05, 4.69) is 44.3 Å². The Morgan fingerprint density at radius 2 is 1.84 bits per heavy atom. The smallest absolute Gasteiger partial charge is 0.293 e. The van der Waals surface area contributed by atoms with Crippen LogP contribution in [0.1, 0.15) is 6.92 Å². The standard InChI is InChI=1S/C27H29FN6O3/c1-4-37-34-25-18(16-21(26(34)35)24-22(28)6-5-7-23(24)36-3)17-29-27(31-25)30-19-8-10-20(11-9-19)33-14-12-32(2)13-15-33/h5-11,16-17H,4,12-15H2,1-3H3,(H,29,30,31). The van der Waals surface area contributed by atoms with Crippen LogP contribution in [0.25, 0.3) is 22.2 Å². The second-order valence-corrected chi connectivity index (χ2v) is 8.83. The SMILES string of the molecule is CCOn1c(=O)c(-c2c(F)cccc2OC)cc2cnc(Nc3ccc(N4CCN(C)CC4)cc3)nc21. The quantitative estimate of drug-likeness (QED) is 0.409. The first-order valence-electron chi connectivity index (χ1n) is 12.2. The van der Waals surface area contributed by atoms with Crippen LogP contribution in [-0.2, 0) is 0 Å². The topological polar surface area (TPSA) is 84.7 Å². The number of aromatic nitrogens is 3. The van der Waals surface area contributed by atoms with Gasteiger partial charge in [0.25, 0.3) is 5.56 Å². The average molecular weight is 505 g/mol. The van der Waals surface area contributed by atoms with E-state index in [0.29, 0.717) is 11.3 Å². The van der Waals surface area contributed by atoms with Gasteiger partial charge < -0.3 is 24.7 Å². The maximum atomic E-state index is 14.8. The van der Waals surface area contributed by atoms with Gasteiger partial charge in [-0.2, -0.15) is 4.98 Å². The fraction of sp³-hybridized carbons (Fsp3) is 0.296. The summed E-state index contributed by atoms with van der Waals surface area (Å²) in [6, 6.07) is 14.1. The Morgan fingerprint density at radius 3 is 2.54 bits per heavy atom. The molecule has 0 aliphatic carbocycles. The molecule has 37 heavy (non-hydrogen) atoms. The largest absolute Gasteiger partial charge is 0.496 e. The molecule has 0 saturated carbocycles. The molecule has 0 radical (unpaired) electrons. The number of piperazine rings is 1. The maximum absolute atomic E-state index is 14.8. The zero-order valence-corrected chi connectivity index (χ0v) is 21.1. The highest BCUT2D eigenvalue weighted by Gasteiger charge is 2.20. The maximum Gasteiger partial charge on any atom is 0.293 e. The van der Waals surface area contributed by atoms with Gasteiger partial charge in [0.1, 0.15) is 18.2 Å². The van der Waals surface area contributed by atoms with Gasteiger partial charge in [-0.05, 0) is 56.4 Å². The summed E-state index contributed by atoms with van der Waals surface area (Å²) in [5, 5.41) is 3.71. The van der Waals surface area contributed by atoms with E-state index < -0.39 is 11.4 Å². The number of likely N-dealkylation sites (N-methyl/N-ethyl adjacent to an activating group) is 1. The second kappa shape index (κ2) is 10.4. The van der Waals surface area contributed by atoms with Gasteiger partial charge in [0.05, 0.1) is 18.2 Å². The molecule has 1 fully saturated rings. The molecule has 0 atom stereocenters. The van der Waals surface area contributed by atoms with Gasteiger partial charge in [0.2, 0.25) is 5.95 Å². The van der Waals surface area contributed by atoms with E-state index in [0.717, 1.165) is 36.6 Å². The molecule has 2 aromatic carbocycles. The number of benzene rings is 2.